The van der Waals surface area contributed by atoms with E-state index in [2.05, 4.69) is 20.4 Å². The fourth-order valence-electron chi connectivity index (χ4n) is 2.96. The number of hydrogen-bond donors (Lipinski definition) is 1. The van der Waals surface area contributed by atoms with Crippen LogP contribution in [-0.2, 0) is 16.1 Å². The van der Waals surface area contributed by atoms with E-state index in [0.717, 1.165) is 18.4 Å². The van der Waals surface area contributed by atoms with Crippen molar-refractivity contribution in [3.63, 3.8) is 0 Å². The van der Waals surface area contributed by atoms with Crippen LogP contribution in [0.3, 0.4) is 0 Å². The van der Waals surface area contributed by atoms with Crippen LogP contribution < -0.4 is 5.32 Å². The highest BCUT2D eigenvalue weighted by atomic mass is 16.2. The minimum atomic E-state index is -0.236. The van der Waals surface area contributed by atoms with E-state index in [1.54, 1.807) is 17.2 Å². The van der Waals surface area contributed by atoms with Crippen molar-refractivity contribution in [1.82, 2.24) is 30.0 Å². The average molecular weight is 326 g/mol. The third-order valence-corrected chi connectivity index (χ3v) is 4.45. The molecule has 0 aromatic carbocycles. The Balaban J connectivity index is 1.31. The zero-order valence-corrected chi connectivity index (χ0v) is 13.1. The molecular weight excluding hydrogens is 308 g/mol. The molecule has 124 valence electrons. The summed E-state index contributed by atoms with van der Waals surface area (Å²) in [5.41, 5.74) is 0.899. The van der Waals surface area contributed by atoms with E-state index < -0.39 is 0 Å². The highest BCUT2D eigenvalue weighted by molar-refractivity contribution is 5.89. The van der Waals surface area contributed by atoms with Gasteiger partial charge < -0.3 is 10.2 Å². The van der Waals surface area contributed by atoms with Gasteiger partial charge in [-0.1, -0.05) is 6.07 Å². The first kappa shape index (κ1) is 14.8. The Morgan fingerprint density at radius 2 is 2.21 bits per heavy atom. The van der Waals surface area contributed by atoms with Gasteiger partial charge in [-0.05, 0) is 24.5 Å². The van der Waals surface area contributed by atoms with Crippen LogP contribution >= 0.6 is 0 Å². The van der Waals surface area contributed by atoms with Crippen LogP contribution in [0.2, 0.25) is 0 Å². The van der Waals surface area contributed by atoms with Gasteiger partial charge in [0.2, 0.25) is 11.8 Å². The summed E-state index contributed by atoms with van der Waals surface area (Å²) in [7, 11) is 0. The maximum absolute atomic E-state index is 12.3. The summed E-state index contributed by atoms with van der Waals surface area (Å²) in [4.78, 5) is 34.2. The van der Waals surface area contributed by atoms with Gasteiger partial charge in [0.1, 0.15) is 12.7 Å². The smallest absolute Gasteiger partial charge is 0.225 e. The standard InChI is InChI=1S/C16H18N6O2/c23-15-5-12(8-21(15)13-2-3-13)16(24)19-7-11-1-4-14(18-6-11)22-10-17-9-20-22/h1,4,6,9-10,12-13H,2-3,5,7-8H2,(H,19,24)/t12-/m0/s1. The summed E-state index contributed by atoms with van der Waals surface area (Å²) in [5, 5.41) is 6.92. The van der Waals surface area contributed by atoms with Crippen LogP contribution in [0, 0.1) is 5.92 Å². The fourth-order valence-corrected chi connectivity index (χ4v) is 2.96. The van der Waals surface area contributed by atoms with Gasteiger partial charge in [-0.15, -0.1) is 0 Å². The van der Waals surface area contributed by atoms with E-state index >= 15 is 0 Å². The molecule has 0 unspecified atom stereocenters. The molecule has 4 rings (SSSR count). The highest BCUT2D eigenvalue weighted by Gasteiger charge is 2.41. The lowest BCUT2D eigenvalue weighted by atomic mass is 10.1. The van der Waals surface area contributed by atoms with Crippen LogP contribution in [0.1, 0.15) is 24.8 Å². The van der Waals surface area contributed by atoms with Gasteiger partial charge in [-0.25, -0.2) is 14.6 Å². The van der Waals surface area contributed by atoms with Crippen LogP contribution in [0.5, 0.6) is 0 Å². The topological polar surface area (TPSA) is 93.0 Å². The Kier molecular flexibility index (Phi) is 3.72. The number of pyridine rings is 1. The second-order valence-electron chi connectivity index (χ2n) is 6.26. The zero-order valence-electron chi connectivity index (χ0n) is 13.1. The predicted octanol–water partition coefficient (Wildman–Crippen LogP) is 0.289. The van der Waals surface area contributed by atoms with Crippen molar-refractivity contribution in [2.45, 2.75) is 31.8 Å². The van der Waals surface area contributed by atoms with Gasteiger partial charge in [0.05, 0.1) is 5.92 Å². The largest absolute Gasteiger partial charge is 0.352 e. The predicted molar refractivity (Wildman–Crippen MR) is 83.8 cm³/mol. The summed E-state index contributed by atoms with van der Waals surface area (Å²) in [6.45, 7) is 0.955. The quantitative estimate of drug-likeness (QED) is 0.852. The summed E-state index contributed by atoms with van der Waals surface area (Å²) < 4.78 is 1.57. The number of amides is 2. The minimum Gasteiger partial charge on any atom is -0.352 e. The van der Waals surface area contributed by atoms with E-state index in [-0.39, 0.29) is 17.7 Å². The van der Waals surface area contributed by atoms with Crippen molar-refractivity contribution in [2.75, 3.05) is 6.54 Å². The molecular formula is C16H18N6O2. The molecule has 2 amide bonds. The van der Waals surface area contributed by atoms with E-state index in [0.29, 0.717) is 31.4 Å². The van der Waals surface area contributed by atoms with Crippen LogP contribution in [0.25, 0.3) is 5.82 Å². The molecule has 1 saturated carbocycles. The molecule has 1 aliphatic carbocycles. The molecule has 0 radical (unpaired) electrons. The second kappa shape index (κ2) is 6.03. The van der Waals surface area contributed by atoms with E-state index in [4.69, 9.17) is 0 Å². The van der Waals surface area contributed by atoms with Crippen LogP contribution in [0.15, 0.2) is 31.0 Å². The molecule has 2 fully saturated rings. The van der Waals surface area contributed by atoms with Crippen LogP contribution in [0.4, 0.5) is 0 Å². The number of carbonyl (C=O) groups is 2. The molecule has 1 saturated heterocycles. The first-order valence-electron chi connectivity index (χ1n) is 8.08. The fraction of sp³-hybridized carbons (Fsp3) is 0.438. The maximum atomic E-state index is 12.3. The van der Waals surface area contributed by atoms with Crippen molar-refractivity contribution in [1.29, 1.82) is 0 Å². The van der Waals surface area contributed by atoms with Crippen molar-refractivity contribution in [3.8, 4) is 5.82 Å². The summed E-state index contributed by atoms with van der Waals surface area (Å²) in [6, 6.07) is 4.09. The Hall–Kier alpha value is -2.77. The van der Waals surface area contributed by atoms with Gasteiger partial charge in [-0.2, -0.15) is 5.10 Å². The van der Waals surface area contributed by atoms with E-state index in [9.17, 15) is 9.59 Å². The summed E-state index contributed by atoms with van der Waals surface area (Å²) in [5.74, 6) is 0.480. The molecule has 8 heteroatoms. The van der Waals surface area contributed by atoms with Gasteiger partial charge in [0, 0.05) is 31.7 Å². The molecule has 2 aromatic rings. The van der Waals surface area contributed by atoms with Gasteiger partial charge in [-0.3, -0.25) is 9.59 Å². The Bertz CT molecular complexity index is 738. The van der Waals surface area contributed by atoms with E-state index in [1.807, 2.05) is 17.0 Å². The SMILES string of the molecule is O=C(NCc1ccc(-n2cncn2)nc1)[C@H]1CC(=O)N(C2CC2)C1. The number of rotatable bonds is 5. The first-order valence-corrected chi connectivity index (χ1v) is 8.08. The lowest BCUT2D eigenvalue weighted by Gasteiger charge is -2.15. The van der Waals surface area contributed by atoms with Crippen molar-refractivity contribution in [2.24, 2.45) is 5.92 Å². The van der Waals surface area contributed by atoms with Crippen molar-refractivity contribution < 1.29 is 9.59 Å². The number of carbonyl (C=O) groups excluding carboxylic acids is 2. The third kappa shape index (κ3) is 2.99. The Morgan fingerprint density at radius 3 is 2.88 bits per heavy atom. The molecule has 2 aliphatic rings. The van der Waals surface area contributed by atoms with Gasteiger partial charge >= 0.3 is 0 Å². The van der Waals surface area contributed by atoms with Gasteiger partial charge in [0.15, 0.2) is 5.82 Å². The highest BCUT2D eigenvalue weighted by Crippen LogP contribution is 2.32. The van der Waals surface area contributed by atoms with Crippen LogP contribution in [-0.4, -0.2) is 49.0 Å². The molecule has 1 N–H and O–H groups in total. The molecule has 1 atom stereocenters. The average Bonchev–Trinajstić information content (AvgIpc) is 3.14. The molecule has 0 bridgehead atoms. The lowest BCUT2D eigenvalue weighted by Crippen LogP contribution is -2.33. The monoisotopic (exact) mass is 326 g/mol. The van der Waals surface area contributed by atoms with Crippen molar-refractivity contribution in [3.05, 3.63) is 36.5 Å². The number of nitrogens with one attached hydrogen (secondary N) is 1. The zero-order chi connectivity index (χ0) is 16.5. The Morgan fingerprint density at radius 1 is 1.33 bits per heavy atom. The minimum absolute atomic E-state index is 0.0631. The number of aromatic nitrogens is 4. The third-order valence-electron chi connectivity index (χ3n) is 4.45. The lowest BCUT2D eigenvalue weighted by molar-refractivity contribution is -0.129. The molecule has 8 nitrogen and oxygen atoms in total. The molecule has 0 spiro atoms. The number of hydrogen-bond acceptors (Lipinski definition) is 5. The van der Waals surface area contributed by atoms with Crippen molar-refractivity contribution >= 4 is 11.8 Å². The molecule has 3 heterocycles. The number of likely N-dealkylation sites (tertiary alicyclic amines) is 1. The normalized spacial score (nSPS) is 20.4. The van der Waals surface area contributed by atoms with Gasteiger partial charge in [0.25, 0.3) is 0 Å². The first-order chi connectivity index (χ1) is 11.7. The summed E-state index contributed by atoms with van der Waals surface area (Å²) >= 11 is 0. The van der Waals surface area contributed by atoms with E-state index in [1.165, 1.54) is 6.33 Å². The second-order valence-corrected chi connectivity index (χ2v) is 6.26. The molecule has 24 heavy (non-hydrogen) atoms. The molecule has 1 aliphatic heterocycles. The Labute approximate surface area is 138 Å². The maximum Gasteiger partial charge on any atom is 0.225 e. The summed E-state index contributed by atoms with van der Waals surface area (Å²) in [6.07, 6.45) is 7.20. The molecule has 2 aromatic heterocycles. The number of nitrogens with zero attached hydrogens (tertiary/aromatic N) is 5.